The van der Waals surface area contributed by atoms with Gasteiger partial charge in [-0.1, -0.05) is 6.07 Å². The van der Waals surface area contributed by atoms with Crippen LogP contribution in [-0.4, -0.2) is 56.5 Å². The van der Waals surface area contributed by atoms with E-state index in [0.717, 1.165) is 9.87 Å². The van der Waals surface area contributed by atoms with Crippen molar-refractivity contribution in [1.82, 2.24) is 29.0 Å². The molecule has 2 N–H and O–H groups in total. The van der Waals surface area contributed by atoms with Gasteiger partial charge in [0, 0.05) is 18.5 Å². The maximum atomic E-state index is 13.8. The molecule has 30 heavy (non-hydrogen) atoms. The quantitative estimate of drug-likeness (QED) is 0.666. The fraction of sp³-hybridized carbons (Fsp3) is 0.333. The number of halogens is 2. The van der Waals surface area contributed by atoms with Crippen LogP contribution in [0.2, 0.25) is 0 Å². The number of piperidine rings is 1. The van der Waals surface area contributed by atoms with Crippen LogP contribution < -0.4 is 5.73 Å². The number of aromatic nitrogens is 5. The number of hydrogen-bond acceptors (Lipinski definition) is 7. The number of nitrogen functional groups attached to an aromatic ring is 1. The van der Waals surface area contributed by atoms with E-state index >= 15 is 0 Å². The lowest BCUT2D eigenvalue weighted by Crippen LogP contribution is -2.45. The number of rotatable bonds is 4. The van der Waals surface area contributed by atoms with E-state index in [-0.39, 0.29) is 35.9 Å². The van der Waals surface area contributed by atoms with Crippen LogP contribution in [0.3, 0.4) is 0 Å². The third-order valence-corrected chi connectivity index (χ3v) is 6.74. The molecule has 12 heteroatoms. The van der Waals surface area contributed by atoms with E-state index in [2.05, 4.69) is 20.1 Å². The Hall–Kier alpha value is -2.99. The summed E-state index contributed by atoms with van der Waals surface area (Å²) < 4.78 is 55.7. The highest BCUT2D eigenvalue weighted by molar-refractivity contribution is 7.89. The highest BCUT2D eigenvalue weighted by Gasteiger charge is 2.40. The molecule has 1 aliphatic heterocycles. The number of alkyl halides is 2. The minimum Gasteiger partial charge on any atom is -0.381 e. The van der Waals surface area contributed by atoms with Gasteiger partial charge < -0.3 is 5.73 Å². The van der Waals surface area contributed by atoms with E-state index in [1.807, 2.05) is 0 Å². The normalized spacial score (nSPS) is 17.2. The maximum absolute atomic E-state index is 13.8. The number of nitrogens with zero attached hydrogens (tertiary/aromatic N) is 6. The SMILES string of the molecule is Cc1ccc(S(=O)(=O)N2CCCC(F)(F)C2)cc1-c1cnc(N)c(-n2cncn2)n1. The average Bonchev–Trinajstić information content (AvgIpc) is 3.22. The summed E-state index contributed by atoms with van der Waals surface area (Å²) in [5.74, 6) is -2.66. The summed E-state index contributed by atoms with van der Waals surface area (Å²) in [6, 6.07) is 4.43. The van der Waals surface area contributed by atoms with Gasteiger partial charge >= 0.3 is 0 Å². The van der Waals surface area contributed by atoms with Gasteiger partial charge in [0.25, 0.3) is 5.92 Å². The van der Waals surface area contributed by atoms with Gasteiger partial charge in [-0.05, 0) is 31.0 Å². The van der Waals surface area contributed by atoms with E-state index in [1.54, 1.807) is 13.0 Å². The van der Waals surface area contributed by atoms with Gasteiger partial charge in [0.05, 0.1) is 23.3 Å². The molecule has 1 fully saturated rings. The van der Waals surface area contributed by atoms with Crippen LogP contribution in [0.15, 0.2) is 41.9 Å². The standard InChI is InChI=1S/C18H19F2N7O2S/c1-12-3-4-13(30(28,29)26-6-2-5-18(19,20)9-26)7-14(12)15-8-23-16(21)17(25-15)27-11-22-10-24-27/h3-4,7-8,10-11H,2,5-6,9H2,1H3,(H2,21,23). The molecule has 0 radical (unpaired) electrons. The zero-order valence-electron chi connectivity index (χ0n) is 16.0. The van der Waals surface area contributed by atoms with Crippen molar-refractivity contribution in [2.24, 2.45) is 0 Å². The highest BCUT2D eigenvalue weighted by atomic mass is 32.2. The molecule has 3 heterocycles. The summed E-state index contributed by atoms with van der Waals surface area (Å²) in [6.45, 7) is 1.02. The van der Waals surface area contributed by atoms with Crippen molar-refractivity contribution in [3.63, 3.8) is 0 Å². The highest BCUT2D eigenvalue weighted by Crippen LogP contribution is 2.32. The lowest BCUT2D eigenvalue weighted by atomic mass is 10.1. The number of benzene rings is 1. The molecule has 0 amide bonds. The van der Waals surface area contributed by atoms with Gasteiger partial charge in [0.15, 0.2) is 11.6 Å². The summed E-state index contributed by atoms with van der Waals surface area (Å²) >= 11 is 0. The van der Waals surface area contributed by atoms with Crippen molar-refractivity contribution in [3.05, 3.63) is 42.6 Å². The second-order valence-corrected chi connectivity index (χ2v) is 9.02. The minimum atomic E-state index is -4.09. The number of sulfonamides is 1. The third kappa shape index (κ3) is 3.75. The third-order valence-electron chi connectivity index (χ3n) is 4.90. The fourth-order valence-electron chi connectivity index (χ4n) is 3.33. The Morgan fingerprint density at radius 1 is 1.27 bits per heavy atom. The molecule has 0 unspecified atom stereocenters. The van der Waals surface area contributed by atoms with Crippen LogP contribution in [0.4, 0.5) is 14.6 Å². The Balaban J connectivity index is 1.75. The van der Waals surface area contributed by atoms with Crippen molar-refractivity contribution >= 4 is 15.8 Å². The zero-order chi connectivity index (χ0) is 21.5. The zero-order valence-corrected chi connectivity index (χ0v) is 16.9. The van der Waals surface area contributed by atoms with Crippen LogP contribution in [0.1, 0.15) is 18.4 Å². The van der Waals surface area contributed by atoms with E-state index in [1.165, 1.54) is 35.7 Å². The van der Waals surface area contributed by atoms with Gasteiger partial charge in [-0.15, -0.1) is 0 Å². The summed E-state index contributed by atoms with van der Waals surface area (Å²) in [7, 11) is -4.09. The van der Waals surface area contributed by atoms with Gasteiger partial charge in [-0.3, -0.25) is 0 Å². The van der Waals surface area contributed by atoms with Gasteiger partial charge in [0.1, 0.15) is 12.7 Å². The lowest BCUT2D eigenvalue weighted by Gasteiger charge is -2.31. The summed E-state index contributed by atoms with van der Waals surface area (Å²) in [5, 5.41) is 3.99. The van der Waals surface area contributed by atoms with Gasteiger partial charge in [-0.25, -0.2) is 32.2 Å². The molecule has 158 valence electrons. The molecular weight excluding hydrogens is 416 g/mol. The second-order valence-electron chi connectivity index (χ2n) is 7.08. The predicted molar refractivity (Wildman–Crippen MR) is 104 cm³/mol. The molecule has 0 aliphatic carbocycles. The number of anilines is 1. The number of aryl methyl sites for hydroxylation is 1. The molecule has 1 saturated heterocycles. The Bertz CT molecular complexity index is 1180. The van der Waals surface area contributed by atoms with E-state index in [4.69, 9.17) is 5.73 Å². The van der Waals surface area contributed by atoms with E-state index in [0.29, 0.717) is 11.3 Å². The van der Waals surface area contributed by atoms with Gasteiger partial charge in [-0.2, -0.15) is 14.1 Å². The van der Waals surface area contributed by atoms with Crippen molar-refractivity contribution in [3.8, 4) is 17.1 Å². The lowest BCUT2D eigenvalue weighted by molar-refractivity contribution is -0.0434. The molecule has 3 aromatic rings. The molecule has 0 saturated carbocycles. The smallest absolute Gasteiger partial charge is 0.261 e. The Labute approximate surface area is 171 Å². The molecular formula is C18H19F2N7O2S. The second kappa shape index (κ2) is 7.36. The molecule has 9 nitrogen and oxygen atoms in total. The first-order chi connectivity index (χ1) is 14.2. The molecule has 4 rings (SSSR count). The topological polar surface area (TPSA) is 120 Å². The maximum Gasteiger partial charge on any atom is 0.261 e. The van der Waals surface area contributed by atoms with Crippen LogP contribution in [-0.2, 0) is 10.0 Å². The molecule has 1 aromatic carbocycles. The minimum absolute atomic E-state index is 0.0548. The molecule has 0 bridgehead atoms. The average molecular weight is 435 g/mol. The first kappa shape index (κ1) is 20.3. The monoisotopic (exact) mass is 435 g/mol. The van der Waals surface area contributed by atoms with Crippen LogP contribution in [0.5, 0.6) is 0 Å². The van der Waals surface area contributed by atoms with Crippen LogP contribution in [0.25, 0.3) is 17.1 Å². The summed E-state index contributed by atoms with van der Waals surface area (Å²) in [6.07, 6.45) is 3.94. The largest absolute Gasteiger partial charge is 0.381 e. The summed E-state index contributed by atoms with van der Waals surface area (Å²) in [4.78, 5) is 12.3. The Morgan fingerprint density at radius 2 is 2.07 bits per heavy atom. The van der Waals surface area contributed by atoms with Crippen molar-refractivity contribution < 1.29 is 17.2 Å². The summed E-state index contributed by atoms with van der Waals surface area (Å²) in [5.41, 5.74) is 7.48. The Morgan fingerprint density at radius 3 is 2.77 bits per heavy atom. The van der Waals surface area contributed by atoms with Crippen molar-refractivity contribution in [1.29, 1.82) is 0 Å². The van der Waals surface area contributed by atoms with Crippen molar-refractivity contribution in [2.75, 3.05) is 18.8 Å². The molecule has 0 atom stereocenters. The first-order valence-electron chi connectivity index (χ1n) is 9.14. The number of hydrogen-bond donors (Lipinski definition) is 1. The Kier molecular flexibility index (Phi) is 4.98. The van der Waals surface area contributed by atoms with E-state index < -0.39 is 22.5 Å². The molecule has 2 aromatic heterocycles. The molecule has 1 aliphatic rings. The van der Waals surface area contributed by atoms with Crippen LogP contribution in [0, 0.1) is 6.92 Å². The molecule has 0 spiro atoms. The van der Waals surface area contributed by atoms with Gasteiger partial charge in [0.2, 0.25) is 10.0 Å². The first-order valence-corrected chi connectivity index (χ1v) is 10.6. The number of nitrogens with two attached hydrogens (primary N) is 1. The fourth-order valence-corrected chi connectivity index (χ4v) is 4.86. The van der Waals surface area contributed by atoms with Crippen molar-refractivity contribution in [2.45, 2.75) is 30.6 Å². The van der Waals surface area contributed by atoms with Crippen LogP contribution >= 0.6 is 0 Å². The predicted octanol–water partition coefficient (Wildman–Crippen LogP) is 2.03. The van der Waals surface area contributed by atoms with E-state index in [9.17, 15) is 17.2 Å².